The van der Waals surface area contributed by atoms with Gasteiger partial charge >= 0.3 is 0 Å². The molecule has 0 bridgehead atoms. The minimum Gasteiger partial charge on any atom is -0.252 e. The third-order valence-corrected chi connectivity index (χ3v) is 2.77. The van der Waals surface area contributed by atoms with Crippen molar-refractivity contribution < 1.29 is 0 Å². The summed E-state index contributed by atoms with van der Waals surface area (Å²) < 4.78 is 0. The Morgan fingerprint density at radius 3 is 2.88 bits per heavy atom. The Balaban J connectivity index is 2.57. The number of hydrogen-bond acceptors (Lipinski definition) is 3. The normalized spacial score (nSPS) is 11.1. The zero-order chi connectivity index (χ0) is 11.0. The first-order valence-corrected chi connectivity index (χ1v) is 5.37. The summed E-state index contributed by atoms with van der Waals surface area (Å²) in [7, 11) is 0. The summed E-state index contributed by atoms with van der Waals surface area (Å²) in [5.41, 5.74) is 3.07. The highest BCUT2D eigenvalue weighted by molar-refractivity contribution is 6.03. The van der Waals surface area contributed by atoms with Crippen LogP contribution in [0.5, 0.6) is 0 Å². The van der Waals surface area contributed by atoms with Crippen molar-refractivity contribution in [1.29, 1.82) is 0 Å². The molecule has 1 aromatic carbocycles. The van der Waals surface area contributed by atoms with Gasteiger partial charge in [-0.1, -0.05) is 25.1 Å². The molecule has 0 spiro atoms. The van der Waals surface area contributed by atoms with Crippen LogP contribution in [-0.4, -0.2) is 15.0 Å². The molecule has 2 aromatic heterocycles. The van der Waals surface area contributed by atoms with E-state index in [1.165, 1.54) is 0 Å². The van der Waals surface area contributed by atoms with Crippen LogP contribution in [0, 0.1) is 0 Å². The highest BCUT2D eigenvalue weighted by atomic mass is 14.8. The molecule has 78 valence electrons. The van der Waals surface area contributed by atoms with E-state index in [0.717, 1.165) is 33.9 Å². The summed E-state index contributed by atoms with van der Waals surface area (Å²) in [6.45, 7) is 2.10. The molecule has 0 N–H and O–H groups in total. The Kier molecular flexibility index (Phi) is 2.03. The smallest absolute Gasteiger partial charge is 0.116 e. The maximum Gasteiger partial charge on any atom is 0.116 e. The summed E-state index contributed by atoms with van der Waals surface area (Å²) in [5, 5.41) is 2.15. The first kappa shape index (κ1) is 9.21. The Hall–Kier alpha value is -2.03. The fourth-order valence-corrected chi connectivity index (χ4v) is 2.00. The van der Waals surface area contributed by atoms with Gasteiger partial charge in [-0.05, 0) is 12.5 Å². The molecule has 3 heteroatoms. The summed E-state index contributed by atoms with van der Waals surface area (Å²) >= 11 is 0. The third kappa shape index (κ3) is 1.25. The van der Waals surface area contributed by atoms with Crippen molar-refractivity contribution in [2.75, 3.05) is 0 Å². The molecule has 0 aliphatic rings. The van der Waals surface area contributed by atoms with Crippen LogP contribution in [0.2, 0.25) is 0 Å². The summed E-state index contributed by atoms with van der Waals surface area (Å²) in [6, 6.07) is 8.09. The first-order chi connectivity index (χ1) is 7.90. The minimum atomic E-state index is 0.898. The van der Waals surface area contributed by atoms with E-state index in [0.29, 0.717) is 0 Å². The molecule has 0 saturated heterocycles. The molecule has 3 nitrogen and oxygen atoms in total. The molecule has 0 fully saturated rings. The minimum absolute atomic E-state index is 0.898. The summed E-state index contributed by atoms with van der Waals surface area (Å²) in [5.74, 6) is 0. The van der Waals surface area contributed by atoms with Crippen molar-refractivity contribution in [2.24, 2.45) is 0 Å². The lowest BCUT2D eigenvalue weighted by Gasteiger charge is -2.06. The van der Waals surface area contributed by atoms with Gasteiger partial charge in [0.15, 0.2) is 0 Å². The van der Waals surface area contributed by atoms with E-state index in [4.69, 9.17) is 0 Å². The van der Waals surface area contributed by atoms with E-state index in [1.807, 2.05) is 24.4 Å². The average Bonchev–Trinajstić information content (AvgIpc) is 2.38. The van der Waals surface area contributed by atoms with E-state index >= 15 is 0 Å². The maximum atomic E-state index is 4.64. The van der Waals surface area contributed by atoms with Gasteiger partial charge in [0.2, 0.25) is 0 Å². The Morgan fingerprint density at radius 2 is 2.00 bits per heavy atom. The molecule has 3 aromatic rings. The van der Waals surface area contributed by atoms with Crippen LogP contribution in [-0.2, 0) is 6.42 Å². The quantitative estimate of drug-likeness (QED) is 0.578. The van der Waals surface area contributed by atoms with Gasteiger partial charge in [-0.15, -0.1) is 0 Å². The highest BCUT2D eigenvalue weighted by Gasteiger charge is 2.07. The molecule has 3 rings (SSSR count). The van der Waals surface area contributed by atoms with Crippen LogP contribution in [0.3, 0.4) is 0 Å². The predicted molar refractivity (Wildman–Crippen MR) is 64.2 cm³/mol. The van der Waals surface area contributed by atoms with Crippen LogP contribution in [0.4, 0.5) is 0 Å². The first-order valence-electron chi connectivity index (χ1n) is 5.37. The Morgan fingerprint density at radius 1 is 1.12 bits per heavy atom. The van der Waals surface area contributed by atoms with Crippen molar-refractivity contribution in [3.8, 4) is 0 Å². The van der Waals surface area contributed by atoms with Gasteiger partial charge in [-0.25, -0.2) is 9.97 Å². The lowest BCUT2D eigenvalue weighted by Crippen LogP contribution is -1.94. The highest BCUT2D eigenvalue weighted by Crippen LogP contribution is 2.23. The van der Waals surface area contributed by atoms with Gasteiger partial charge < -0.3 is 0 Å². The van der Waals surface area contributed by atoms with Crippen molar-refractivity contribution in [1.82, 2.24) is 15.0 Å². The fourth-order valence-electron chi connectivity index (χ4n) is 2.00. The van der Waals surface area contributed by atoms with Crippen molar-refractivity contribution in [2.45, 2.75) is 13.3 Å². The monoisotopic (exact) mass is 209 g/mol. The average molecular weight is 209 g/mol. The second kappa shape index (κ2) is 3.52. The van der Waals surface area contributed by atoms with Gasteiger partial charge in [0.25, 0.3) is 0 Å². The summed E-state index contributed by atoms with van der Waals surface area (Å²) in [6.07, 6.45) is 4.34. The van der Waals surface area contributed by atoms with Crippen molar-refractivity contribution >= 4 is 21.8 Å². The van der Waals surface area contributed by atoms with Gasteiger partial charge in [0.05, 0.1) is 16.7 Å². The number of pyridine rings is 1. The van der Waals surface area contributed by atoms with Crippen LogP contribution in [0.25, 0.3) is 21.8 Å². The van der Waals surface area contributed by atoms with Gasteiger partial charge in [-0.2, -0.15) is 0 Å². The second-order valence-corrected chi connectivity index (χ2v) is 3.71. The second-order valence-electron chi connectivity index (χ2n) is 3.71. The molecule has 0 amide bonds. The maximum absolute atomic E-state index is 4.64. The molecule has 0 saturated carbocycles. The number of rotatable bonds is 1. The van der Waals surface area contributed by atoms with Crippen LogP contribution < -0.4 is 0 Å². The third-order valence-electron chi connectivity index (χ3n) is 2.77. The summed E-state index contributed by atoms with van der Waals surface area (Å²) in [4.78, 5) is 13.1. The standard InChI is InChI=1S/C13H11N3/c1-2-11-10-7-14-8-15-13(10)9-5-3-4-6-12(9)16-11/h3-8H,2H2,1H3. The number of aromatic nitrogens is 3. The molecule has 16 heavy (non-hydrogen) atoms. The Labute approximate surface area is 93.2 Å². The Bertz CT molecular complexity index is 661. The number of fused-ring (bicyclic) bond motifs is 3. The van der Waals surface area contributed by atoms with Crippen LogP contribution in [0.1, 0.15) is 12.6 Å². The largest absolute Gasteiger partial charge is 0.252 e. The molecular formula is C13H11N3. The number of hydrogen-bond donors (Lipinski definition) is 0. The van der Waals surface area contributed by atoms with E-state index in [-0.39, 0.29) is 0 Å². The van der Waals surface area contributed by atoms with E-state index in [2.05, 4.69) is 27.9 Å². The topological polar surface area (TPSA) is 38.7 Å². The molecular weight excluding hydrogens is 198 g/mol. The van der Waals surface area contributed by atoms with Crippen LogP contribution in [0.15, 0.2) is 36.8 Å². The zero-order valence-electron chi connectivity index (χ0n) is 9.01. The van der Waals surface area contributed by atoms with Crippen molar-refractivity contribution in [3.63, 3.8) is 0 Å². The SMILES string of the molecule is CCc1nc2ccccc2c2ncncc12. The molecule has 0 atom stereocenters. The number of benzene rings is 1. The molecule has 0 radical (unpaired) electrons. The van der Waals surface area contributed by atoms with Gasteiger partial charge in [0, 0.05) is 17.0 Å². The van der Waals surface area contributed by atoms with E-state index in [9.17, 15) is 0 Å². The molecule has 2 heterocycles. The van der Waals surface area contributed by atoms with Crippen LogP contribution >= 0.6 is 0 Å². The van der Waals surface area contributed by atoms with E-state index < -0.39 is 0 Å². The fraction of sp³-hybridized carbons (Fsp3) is 0.154. The van der Waals surface area contributed by atoms with Gasteiger partial charge in [-0.3, -0.25) is 4.98 Å². The lowest BCUT2D eigenvalue weighted by atomic mass is 10.1. The number of nitrogens with zero attached hydrogens (tertiary/aromatic N) is 3. The molecule has 0 aliphatic carbocycles. The van der Waals surface area contributed by atoms with Gasteiger partial charge in [0.1, 0.15) is 6.33 Å². The van der Waals surface area contributed by atoms with E-state index in [1.54, 1.807) is 6.33 Å². The zero-order valence-corrected chi connectivity index (χ0v) is 9.01. The number of para-hydroxylation sites is 1. The van der Waals surface area contributed by atoms with Crippen molar-refractivity contribution in [3.05, 3.63) is 42.5 Å². The number of aryl methyl sites for hydroxylation is 1. The molecule has 0 unspecified atom stereocenters. The predicted octanol–water partition coefficient (Wildman–Crippen LogP) is 2.74. The molecule has 0 aliphatic heterocycles. The lowest BCUT2D eigenvalue weighted by molar-refractivity contribution is 1.07.